The molecular weight excluding hydrogens is 200 g/mol. The quantitative estimate of drug-likeness (QED) is 0.324. The van der Waals surface area contributed by atoms with Gasteiger partial charge in [-0.25, -0.2) is 0 Å². The van der Waals surface area contributed by atoms with E-state index in [0.717, 1.165) is 5.56 Å². The van der Waals surface area contributed by atoms with Gasteiger partial charge in [0.15, 0.2) is 0 Å². The first kappa shape index (κ1) is 10.4. The predicted octanol–water partition coefficient (Wildman–Crippen LogP) is 3.15. The Bertz CT molecular complexity index is 386. The van der Waals surface area contributed by atoms with Gasteiger partial charge in [-0.3, -0.25) is 0 Å². The predicted molar refractivity (Wildman–Crippen MR) is 53.8 cm³/mol. The molecule has 0 amide bonds. The van der Waals surface area contributed by atoms with Crippen LogP contribution in [-0.2, 0) is 0 Å². The Kier molecular flexibility index (Phi) is 3.81. The molecule has 0 aliphatic heterocycles. The second-order valence-corrected chi connectivity index (χ2v) is 3.14. The standard InChI is InChI=1S/C9H7ClN4/c10-9(6-13-14-12)8-3-1-7(5-11)2-4-8/h1-4,9H,6H2. The van der Waals surface area contributed by atoms with Crippen LogP contribution < -0.4 is 0 Å². The number of azide groups is 1. The van der Waals surface area contributed by atoms with Gasteiger partial charge in [-0.1, -0.05) is 17.2 Å². The summed E-state index contributed by atoms with van der Waals surface area (Å²) in [6.45, 7) is 0.212. The Morgan fingerprint density at radius 2 is 2.14 bits per heavy atom. The van der Waals surface area contributed by atoms with E-state index in [4.69, 9.17) is 22.4 Å². The molecule has 1 aromatic rings. The molecule has 0 N–H and O–H groups in total. The van der Waals surface area contributed by atoms with Gasteiger partial charge in [-0.05, 0) is 23.2 Å². The minimum absolute atomic E-state index is 0.212. The number of nitriles is 1. The van der Waals surface area contributed by atoms with Gasteiger partial charge in [0.05, 0.1) is 17.0 Å². The Labute approximate surface area is 86.4 Å². The molecule has 0 saturated heterocycles. The first-order valence-electron chi connectivity index (χ1n) is 3.93. The van der Waals surface area contributed by atoms with Crippen LogP contribution in [0.2, 0.25) is 0 Å². The number of alkyl halides is 1. The second kappa shape index (κ2) is 5.13. The fourth-order valence-corrected chi connectivity index (χ4v) is 1.19. The summed E-state index contributed by atoms with van der Waals surface area (Å²) < 4.78 is 0. The maximum Gasteiger partial charge on any atom is 0.0991 e. The number of nitrogens with zero attached hydrogens (tertiary/aromatic N) is 4. The van der Waals surface area contributed by atoms with Gasteiger partial charge in [0.1, 0.15) is 0 Å². The van der Waals surface area contributed by atoms with Crippen molar-refractivity contribution in [3.8, 4) is 6.07 Å². The fraction of sp³-hybridized carbons (Fsp3) is 0.222. The van der Waals surface area contributed by atoms with Crippen LogP contribution in [0.1, 0.15) is 16.5 Å². The summed E-state index contributed by atoms with van der Waals surface area (Å²) in [6, 6.07) is 8.88. The van der Waals surface area contributed by atoms with E-state index < -0.39 is 0 Å². The van der Waals surface area contributed by atoms with Crippen LogP contribution in [0.5, 0.6) is 0 Å². The van der Waals surface area contributed by atoms with Crippen molar-refractivity contribution in [3.63, 3.8) is 0 Å². The molecule has 0 aromatic heterocycles. The average Bonchev–Trinajstić information content (AvgIpc) is 2.26. The molecule has 0 saturated carbocycles. The molecule has 1 rings (SSSR count). The van der Waals surface area contributed by atoms with E-state index in [1.54, 1.807) is 24.3 Å². The molecule has 1 aromatic carbocycles. The third-order valence-electron chi connectivity index (χ3n) is 1.71. The molecular formula is C9H7ClN4. The van der Waals surface area contributed by atoms with Crippen molar-refractivity contribution in [1.29, 1.82) is 5.26 Å². The van der Waals surface area contributed by atoms with Gasteiger partial charge in [-0.15, -0.1) is 11.6 Å². The number of rotatable bonds is 3. The lowest BCUT2D eigenvalue weighted by atomic mass is 10.1. The second-order valence-electron chi connectivity index (χ2n) is 2.61. The molecule has 5 heteroatoms. The van der Waals surface area contributed by atoms with Crippen molar-refractivity contribution in [2.45, 2.75) is 5.38 Å². The molecule has 0 bridgehead atoms. The van der Waals surface area contributed by atoms with Crippen LogP contribution in [0.3, 0.4) is 0 Å². The normalized spacial score (nSPS) is 11.1. The van der Waals surface area contributed by atoms with Crippen molar-refractivity contribution in [1.82, 2.24) is 0 Å². The highest BCUT2D eigenvalue weighted by Gasteiger charge is 2.05. The maximum absolute atomic E-state index is 8.56. The zero-order valence-electron chi connectivity index (χ0n) is 7.26. The Balaban J connectivity index is 2.76. The van der Waals surface area contributed by atoms with Crippen molar-refractivity contribution in [2.24, 2.45) is 5.11 Å². The van der Waals surface area contributed by atoms with Crippen LogP contribution in [0.15, 0.2) is 29.4 Å². The van der Waals surface area contributed by atoms with Crippen LogP contribution >= 0.6 is 11.6 Å². The first-order chi connectivity index (χ1) is 6.77. The van der Waals surface area contributed by atoms with Gasteiger partial charge in [0, 0.05) is 11.5 Å². The highest BCUT2D eigenvalue weighted by Crippen LogP contribution is 2.20. The van der Waals surface area contributed by atoms with Crippen LogP contribution in [-0.4, -0.2) is 6.54 Å². The van der Waals surface area contributed by atoms with Gasteiger partial charge >= 0.3 is 0 Å². The van der Waals surface area contributed by atoms with E-state index in [0.29, 0.717) is 5.56 Å². The molecule has 1 unspecified atom stereocenters. The van der Waals surface area contributed by atoms with E-state index in [-0.39, 0.29) is 11.9 Å². The molecule has 4 nitrogen and oxygen atoms in total. The van der Waals surface area contributed by atoms with Gasteiger partial charge in [0.2, 0.25) is 0 Å². The average molecular weight is 207 g/mol. The smallest absolute Gasteiger partial charge is 0.0991 e. The first-order valence-corrected chi connectivity index (χ1v) is 4.36. The zero-order valence-corrected chi connectivity index (χ0v) is 8.02. The highest BCUT2D eigenvalue weighted by atomic mass is 35.5. The molecule has 0 aliphatic carbocycles. The monoisotopic (exact) mass is 206 g/mol. The van der Waals surface area contributed by atoms with E-state index in [1.807, 2.05) is 6.07 Å². The summed E-state index contributed by atoms with van der Waals surface area (Å²) in [6.07, 6.45) is 0. The van der Waals surface area contributed by atoms with E-state index in [2.05, 4.69) is 10.0 Å². The van der Waals surface area contributed by atoms with Gasteiger partial charge in [0.25, 0.3) is 0 Å². The summed E-state index contributed by atoms with van der Waals surface area (Å²) in [5.41, 5.74) is 9.53. The highest BCUT2D eigenvalue weighted by molar-refractivity contribution is 6.21. The molecule has 0 spiro atoms. The Morgan fingerprint density at radius 3 is 2.64 bits per heavy atom. The van der Waals surface area contributed by atoms with Crippen molar-refractivity contribution < 1.29 is 0 Å². The third kappa shape index (κ3) is 2.67. The van der Waals surface area contributed by atoms with E-state index >= 15 is 0 Å². The fourth-order valence-electron chi connectivity index (χ4n) is 0.980. The van der Waals surface area contributed by atoms with Crippen LogP contribution in [0, 0.1) is 11.3 Å². The number of benzene rings is 1. The minimum Gasteiger partial charge on any atom is -0.192 e. The molecule has 70 valence electrons. The summed E-state index contributed by atoms with van der Waals surface area (Å²) in [4.78, 5) is 2.62. The van der Waals surface area contributed by atoms with E-state index in [9.17, 15) is 0 Å². The summed E-state index contributed by atoms with van der Waals surface area (Å²) in [5.74, 6) is 0. The van der Waals surface area contributed by atoms with Crippen LogP contribution in [0.25, 0.3) is 10.4 Å². The maximum atomic E-state index is 8.56. The zero-order chi connectivity index (χ0) is 10.4. The van der Waals surface area contributed by atoms with Gasteiger partial charge < -0.3 is 0 Å². The number of halogens is 1. The lowest BCUT2D eigenvalue weighted by Gasteiger charge is -2.05. The molecule has 0 aliphatic rings. The molecule has 1 atom stereocenters. The molecule has 0 heterocycles. The molecule has 0 radical (unpaired) electrons. The van der Waals surface area contributed by atoms with Crippen molar-refractivity contribution >= 4 is 11.6 Å². The Hall–Kier alpha value is -1.69. The topological polar surface area (TPSA) is 72.5 Å². The Morgan fingerprint density at radius 1 is 1.50 bits per heavy atom. The third-order valence-corrected chi connectivity index (χ3v) is 2.10. The lowest BCUT2D eigenvalue weighted by Crippen LogP contribution is -1.93. The van der Waals surface area contributed by atoms with Gasteiger partial charge in [-0.2, -0.15) is 5.26 Å². The SMILES string of the molecule is N#Cc1ccc(C(Cl)CN=[N+]=[N-])cc1. The van der Waals surface area contributed by atoms with Crippen LogP contribution in [0.4, 0.5) is 0 Å². The van der Waals surface area contributed by atoms with Crippen molar-refractivity contribution in [3.05, 3.63) is 45.8 Å². The summed E-state index contributed by atoms with van der Waals surface area (Å²) >= 11 is 5.93. The molecule has 14 heavy (non-hydrogen) atoms. The summed E-state index contributed by atoms with van der Waals surface area (Å²) in [5, 5.41) is 11.6. The number of hydrogen-bond donors (Lipinski definition) is 0. The van der Waals surface area contributed by atoms with E-state index in [1.165, 1.54) is 0 Å². The van der Waals surface area contributed by atoms with Crippen molar-refractivity contribution in [2.75, 3.05) is 6.54 Å². The largest absolute Gasteiger partial charge is 0.192 e. The lowest BCUT2D eigenvalue weighted by molar-refractivity contribution is 0.920. The summed E-state index contributed by atoms with van der Waals surface area (Å²) in [7, 11) is 0. The minimum atomic E-state index is -0.335. The molecule has 0 fully saturated rings. The number of hydrogen-bond acceptors (Lipinski definition) is 2.